The number of aryl methyl sites for hydroxylation is 2. The number of fused-ring (bicyclic) bond motifs is 1. The van der Waals surface area contributed by atoms with Crippen LogP contribution in [0.5, 0.6) is 11.5 Å². The molecule has 0 aliphatic carbocycles. The molecule has 150 valence electrons. The zero-order chi connectivity index (χ0) is 20.3. The van der Waals surface area contributed by atoms with E-state index in [9.17, 15) is 13.2 Å². The van der Waals surface area contributed by atoms with Gasteiger partial charge in [0.05, 0.1) is 11.9 Å². The molecule has 0 unspecified atom stereocenters. The summed E-state index contributed by atoms with van der Waals surface area (Å²) < 4.78 is 36.3. The molecule has 2 aromatic carbocycles. The lowest BCUT2D eigenvalue weighted by atomic mass is 10.1. The number of amides is 1. The largest absolute Gasteiger partial charge is 0.454 e. The maximum absolute atomic E-state index is 12.2. The molecule has 0 aromatic heterocycles. The molecule has 0 fully saturated rings. The fraction of sp³-hybridized carbons (Fsp3) is 0.350. The van der Waals surface area contributed by atoms with Crippen LogP contribution in [0.1, 0.15) is 24.0 Å². The number of hydrogen-bond acceptors (Lipinski definition) is 5. The fourth-order valence-electron chi connectivity index (χ4n) is 2.95. The van der Waals surface area contributed by atoms with Gasteiger partial charge in [-0.3, -0.25) is 9.10 Å². The SMILES string of the molecule is Cc1ccc(N(CCCC(=O)Nc2ccc3c(c2)OCO3)S(C)(=O)=O)cc1C. The summed E-state index contributed by atoms with van der Waals surface area (Å²) >= 11 is 0. The average Bonchev–Trinajstić information content (AvgIpc) is 3.08. The molecule has 3 rings (SSSR count). The van der Waals surface area contributed by atoms with Gasteiger partial charge in [-0.25, -0.2) is 8.42 Å². The van der Waals surface area contributed by atoms with E-state index in [1.165, 1.54) is 10.6 Å². The van der Waals surface area contributed by atoms with Crippen LogP contribution in [0, 0.1) is 13.8 Å². The Balaban J connectivity index is 1.59. The molecule has 0 saturated carbocycles. The fourth-order valence-corrected chi connectivity index (χ4v) is 3.91. The van der Waals surface area contributed by atoms with Crippen LogP contribution in [0.15, 0.2) is 36.4 Å². The first-order valence-electron chi connectivity index (χ1n) is 8.98. The Morgan fingerprint density at radius 3 is 2.54 bits per heavy atom. The van der Waals surface area contributed by atoms with Gasteiger partial charge in [-0.05, 0) is 55.7 Å². The highest BCUT2D eigenvalue weighted by Crippen LogP contribution is 2.34. The lowest BCUT2D eigenvalue weighted by molar-refractivity contribution is -0.116. The minimum Gasteiger partial charge on any atom is -0.454 e. The highest BCUT2D eigenvalue weighted by molar-refractivity contribution is 7.92. The molecule has 1 aliphatic rings. The number of nitrogens with zero attached hydrogens (tertiary/aromatic N) is 1. The summed E-state index contributed by atoms with van der Waals surface area (Å²) in [6.07, 6.45) is 1.77. The van der Waals surface area contributed by atoms with E-state index in [0.29, 0.717) is 29.3 Å². The molecule has 1 N–H and O–H groups in total. The highest BCUT2D eigenvalue weighted by atomic mass is 32.2. The van der Waals surface area contributed by atoms with Crippen molar-refractivity contribution in [2.75, 3.05) is 29.2 Å². The monoisotopic (exact) mass is 404 g/mol. The summed E-state index contributed by atoms with van der Waals surface area (Å²) in [5, 5.41) is 2.80. The molecule has 0 saturated heterocycles. The molecule has 7 nitrogen and oxygen atoms in total. The van der Waals surface area contributed by atoms with Gasteiger partial charge in [-0.1, -0.05) is 6.07 Å². The van der Waals surface area contributed by atoms with E-state index in [4.69, 9.17) is 9.47 Å². The normalized spacial score (nSPS) is 12.7. The molecule has 2 aromatic rings. The van der Waals surface area contributed by atoms with Crippen LogP contribution in [-0.2, 0) is 14.8 Å². The summed E-state index contributed by atoms with van der Waals surface area (Å²) in [6.45, 7) is 4.32. The maximum Gasteiger partial charge on any atom is 0.232 e. The maximum atomic E-state index is 12.2. The molecular formula is C20H24N2O5S. The smallest absolute Gasteiger partial charge is 0.232 e. The minimum atomic E-state index is -3.44. The molecule has 28 heavy (non-hydrogen) atoms. The van der Waals surface area contributed by atoms with Crippen LogP contribution in [0.4, 0.5) is 11.4 Å². The van der Waals surface area contributed by atoms with Gasteiger partial charge >= 0.3 is 0 Å². The minimum absolute atomic E-state index is 0.173. The molecular weight excluding hydrogens is 380 g/mol. The highest BCUT2D eigenvalue weighted by Gasteiger charge is 2.18. The van der Waals surface area contributed by atoms with Crippen molar-refractivity contribution >= 4 is 27.3 Å². The number of anilines is 2. The molecule has 0 radical (unpaired) electrons. The second-order valence-corrected chi connectivity index (χ2v) is 8.73. The van der Waals surface area contributed by atoms with Crippen molar-refractivity contribution in [1.29, 1.82) is 0 Å². The van der Waals surface area contributed by atoms with Crippen molar-refractivity contribution in [3.8, 4) is 11.5 Å². The molecule has 0 spiro atoms. The number of hydrogen-bond donors (Lipinski definition) is 1. The second kappa shape index (κ2) is 8.10. The van der Waals surface area contributed by atoms with Gasteiger partial charge in [0.15, 0.2) is 11.5 Å². The third-order valence-electron chi connectivity index (χ3n) is 4.60. The van der Waals surface area contributed by atoms with Gasteiger partial charge in [0, 0.05) is 24.7 Å². The van der Waals surface area contributed by atoms with Crippen LogP contribution in [0.25, 0.3) is 0 Å². The summed E-state index contributed by atoms with van der Waals surface area (Å²) in [7, 11) is -3.44. The van der Waals surface area contributed by atoms with Crippen LogP contribution < -0.4 is 19.1 Å². The number of benzene rings is 2. The van der Waals surface area contributed by atoms with Crippen LogP contribution in [0.3, 0.4) is 0 Å². The number of sulfonamides is 1. The molecule has 8 heteroatoms. The number of carbonyl (C=O) groups excluding carboxylic acids is 1. The third-order valence-corrected chi connectivity index (χ3v) is 5.79. The zero-order valence-electron chi connectivity index (χ0n) is 16.2. The van der Waals surface area contributed by atoms with Crippen LogP contribution >= 0.6 is 0 Å². The Morgan fingerprint density at radius 1 is 1.07 bits per heavy atom. The first-order chi connectivity index (χ1) is 13.2. The number of rotatable bonds is 7. The Hall–Kier alpha value is -2.74. The Labute approximate surface area is 165 Å². The molecule has 1 heterocycles. The Bertz CT molecular complexity index is 988. The van der Waals surface area contributed by atoms with Crippen LogP contribution in [0.2, 0.25) is 0 Å². The average molecular weight is 404 g/mol. The topological polar surface area (TPSA) is 84.9 Å². The van der Waals surface area contributed by atoms with Crippen molar-refractivity contribution in [2.24, 2.45) is 0 Å². The summed E-state index contributed by atoms with van der Waals surface area (Å²) in [5.41, 5.74) is 3.34. The van der Waals surface area contributed by atoms with E-state index < -0.39 is 10.0 Å². The quantitative estimate of drug-likeness (QED) is 0.766. The van der Waals surface area contributed by atoms with E-state index in [0.717, 1.165) is 11.1 Å². The molecule has 1 amide bonds. The predicted octanol–water partition coefficient (Wildman–Crippen LogP) is 3.22. The van der Waals surface area contributed by atoms with E-state index in [1.807, 2.05) is 26.0 Å². The van der Waals surface area contributed by atoms with Crippen molar-refractivity contribution in [3.05, 3.63) is 47.5 Å². The van der Waals surface area contributed by atoms with E-state index >= 15 is 0 Å². The number of carbonyl (C=O) groups is 1. The molecule has 1 aliphatic heterocycles. The predicted molar refractivity (Wildman–Crippen MR) is 109 cm³/mol. The van der Waals surface area contributed by atoms with E-state index in [1.54, 1.807) is 24.3 Å². The van der Waals surface area contributed by atoms with E-state index in [-0.39, 0.29) is 25.7 Å². The zero-order valence-corrected chi connectivity index (χ0v) is 17.0. The van der Waals surface area contributed by atoms with Gasteiger partial charge < -0.3 is 14.8 Å². The summed E-state index contributed by atoms with van der Waals surface area (Å²) in [6, 6.07) is 10.7. The van der Waals surface area contributed by atoms with Gasteiger partial charge in [0.25, 0.3) is 0 Å². The van der Waals surface area contributed by atoms with Gasteiger partial charge in [-0.2, -0.15) is 0 Å². The summed E-state index contributed by atoms with van der Waals surface area (Å²) in [4.78, 5) is 12.2. The number of nitrogens with one attached hydrogen (secondary N) is 1. The first kappa shape index (κ1) is 20.0. The first-order valence-corrected chi connectivity index (χ1v) is 10.8. The molecule has 0 atom stereocenters. The molecule has 0 bridgehead atoms. The van der Waals surface area contributed by atoms with Crippen molar-refractivity contribution in [2.45, 2.75) is 26.7 Å². The van der Waals surface area contributed by atoms with E-state index in [2.05, 4.69) is 5.32 Å². The number of ether oxygens (including phenoxy) is 2. The van der Waals surface area contributed by atoms with Crippen molar-refractivity contribution in [1.82, 2.24) is 0 Å². The van der Waals surface area contributed by atoms with Gasteiger partial charge in [0.2, 0.25) is 22.7 Å². The third kappa shape index (κ3) is 4.75. The Kier molecular flexibility index (Phi) is 5.79. The van der Waals surface area contributed by atoms with Gasteiger partial charge in [0.1, 0.15) is 0 Å². The standard InChI is InChI=1S/C20H24N2O5S/c1-14-6-8-17(11-15(14)2)22(28(3,24)25)10-4-5-20(23)21-16-7-9-18-19(12-16)27-13-26-18/h6-9,11-12H,4-5,10,13H2,1-3H3,(H,21,23). The van der Waals surface area contributed by atoms with Gasteiger partial charge in [-0.15, -0.1) is 0 Å². The Morgan fingerprint density at radius 2 is 1.82 bits per heavy atom. The lowest BCUT2D eigenvalue weighted by Gasteiger charge is -2.23. The van der Waals surface area contributed by atoms with Crippen LogP contribution in [-0.4, -0.2) is 33.9 Å². The lowest BCUT2D eigenvalue weighted by Crippen LogP contribution is -2.31. The second-order valence-electron chi connectivity index (χ2n) is 6.82. The van der Waals surface area contributed by atoms with Crippen molar-refractivity contribution < 1.29 is 22.7 Å². The van der Waals surface area contributed by atoms with Crippen molar-refractivity contribution in [3.63, 3.8) is 0 Å². The summed E-state index contributed by atoms with van der Waals surface area (Å²) in [5.74, 6) is 1.05.